The zero-order valence-electron chi connectivity index (χ0n) is 17.6. The Morgan fingerprint density at radius 3 is 2.59 bits per heavy atom. The fourth-order valence-corrected chi connectivity index (χ4v) is 3.56. The maximum Gasteiger partial charge on any atom is 0.253 e. The number of phenols is 1. The first-order valence-electron chi connectivity index (χ1n) is 10.1. The molecule has 1 amide bonds. The van der Waals surface area contributed by atoms with Crippen LogP contribution in [-0.2, 0) is 13.0 Å². The Labute approximate surface area is 173 Å². The van der Waals surface area contributed by atoms with Crippen LogP contribution in [-0.4, -0.2) is 79.6 Å². The number of carbonyl (C=O) groups excluding carboxylic acids is 1. The van der Waals surface area contributed by atoms with Crippen LogP contribution >= 0.6 is 0 Å². The molecule has 0 unspecified atom stereocenters. The average Bonchev–Trinajstić information content (AvgIpc) is 2.74. The third-order valence-electron chi connectivity index (χ3n) is 5.50. The third-order valence-corrected chi connectivity index (χ3v) is 5.50. The highest BCUT2D eigenvalue weighted by Gasteiger charge is 2.16. The second kappa shape index (κ2) is 9.76. The lowest BCUT2D eigenvalue weighted by Crippen LogP contribution is -2.43. The Hall–Kier alpha value is -2.57. The molecule has 6 nitrogen and oxygen atoms in total. The molecule has 0 aliphatic carbocycles. The monoisotopic (exact) mass is 397 g/mol. The molecule has 1 aliphatic heterocycles. The topological polar surface area (TPSA) is 56.2 Å². The summed E-state index contributed by atoms with van der Waals surface area (Å²) in [7, 11) is 5.51. The van der Waals surface area contributed by atoms with Crippen molar-refractivity contribution in [2.45, 2.75) is 13.0 Å². The molecular weight excluding hydrogens is 366 g/mol. The van der Waals surface area contributed by atoms with E-state index in [-0.39, 0.29) is 11.7 Å². The molecule has 6 heteroatoms. The number of carbonyl (C=O) groups is 1. The fourth-order valence-electron chi connectivity index (χ4n) is 3.56. The summed E-state index contributed by atoms with van der Waals surface area (Å²) in [6, 6.07) is 13.3. The van der Waals surface area contributed by atoms with E-state index in [4.69, 9.17) is 4.74 Å². The molecule has 1 fully saturated rings. The third kappa shape index (κ3) is 5.71. The highest BCUT2D eigenvalue weighted by molar-refractivity contribution is 5.94. The van der Waals surface area contributed by atoms with Gasteiger partial charge in [0.25, 0.3) is 5.91 Å². The van der Waals surface area contributed by atoms with Crippen molar-refractivity contribution in [1.29, 1.82) is 0 Å². The Morgan fingerprint density at radius 2 is 1.86 bits per heavy atom. The van der Waals surface area contributed by atoms with Gasteiger partial charge in [-0.05, 0) is 48.9 Å². The van der Waals surface area contributed by atoms with Crippen molar-refractivity contribution >= 4 is 5.91 Å². The van der Waals surface area contributed by atoms with Crippen molar-refractivity contribution in [1.82, 2.24) is 14.7 Å². The molecule has 1 aliphatic rings. The van der Waals surface area contributed by atoms with Crippen molar-refractivity contribution < 1.29 is 14.6 Å². The van der Waals surface area contributed by atoms with Crippen molar-refractivity contribution in [3.05, 3.63) is 59.2 Å². The number of hydrogen-bond acceptors (Lipinski definition) is 5. The van der Waals surface area contributed by atoms with Crippen LogP contribution in [0.15, 0.2) is 42.5 Å². The quantitative estimate of drug-likeness (QED) is 0.778. The molecule has 3 rings (SSSR count). The van der Waals surface area contributed by atoms with Crippen LogP contribution in [0.1, 0.15) is 21.5 Å². The maximum atomic E-state index is 12.9. The van der Waals surface area contributed by atoms with E-state index in [1.165, 1.54) is 12.7 Å². The van der Waals surface area contributed by atoms with E-state index in [0.717, 1.165) is 43.9 Å². The van der Waals surface area contributed by atoms with E-state index in [1.807, 2.05) is 37.4 Å². The van der Waals surface area contributed by atoms with Gasteiger partial charge in [0, 0.05) is 51.9 Å². The van der Waals surface area contributed by atoms with E-state index in [2.05, 4.69) is 22.9 Å². The minimum absolute atomic E-state index is 0.0240. The normalized spacial score (nSPS) is 15.3. The number of rotatable bonds is 7. The van der Waals surface area contributed by atoms with Gasteiger partial charge in [-0.3, -0.25) is 9.69 Å². The van der Waals surface area contributed by atoms with E-state index < -0.39 is 0 Å². The summed E-state index contributed by atoms with van der Waals surface area (Å²) in [6.45, 7) is 5.77. The van der Waals surface area contributed by atoms with Crippen LogP contribution in [0.2, 0.25) is 0 Å². The molecular formula is C23H31N3O3. The van der Waals surface area contributed by atoms with Crippen LogP contribution in [0.25, 0.3) is 0 Å². The molecule has 29 heavy (non-hydrogen) atoms. The van der Waals surface area contributed by atoms with Gasteiger partial charge in [-0.25, -0.2) is 0 Å². The molecule has 1 N–H and O–H groups in total. The van der Waals surface area contributed by atoms with Crippen molar-refractivity contribution in [2.75, 3.05) is 53.9 Å². The Kier molecular flexibility index (Phi) is 7.12. The summed E-state index contributed by atoms with van der Waals surface area (Å²) >= 11 is 0. The van der Waals surface area contributed by atoms with Gasteiger partial charge in [-0.2, -0.15) is 0 Å². The van der Waals surface area contributed by atoms with Gasteiger partial charge < -0.3 is 19.6 Å². The van der Waals surface area contributed by atoms with Gasteiger partial charge in [0.2, 0.25) is 0 Å². The lowest BCUT2D eigenvalue weighted by atomic mass is 10.1. The van der Waals surface area contributed by atoms with Crippen LogP contribution in [0.4, 0.5) is 0 Å². The molecule has 1 heterocycles. The molecule has 0 atom stereocenters. The number of piperazine rings is 1. The molecule has 1 saturated heterocycles. The summed E-state index contributed by atoms with van der Waals surface area (Å²) in [6.07, 6.45) is 0.694. The molecule has 0 spiro atoms. The van der Waals surface area contributed by atoms with Gasteiger partial charge >= 0.3 is 0 Å². The highest BCUT2D eigenvalue weighted by Crippen LogP contribution is 2.26. The van der Waals surface area contributed by atoms with E-state index >= 15 is 0 Å². The summed E-state index contributed by atoms with van der Waals surface area (Å²) < 4.78 is 5.15. The summed E-state index contributed by atoms with van der Waals surface area (Å²) in [5.41, 5.74) is 2.92. The highest BCUT2D eigenvalue weighted by atomic mass is 16.5. The molecule has 156 valence electrons. The first kappa shape index (κ1) is 21.1. The number of hydrogen-bond donors (Lipinski definition) is 1. The van der Waals surface area contributed by atoms with Crippen LogP contribution < -0.4 is 4.74 Å². The van der Waals surface area contributed by atoms with Gasteiger partial charge in [0.1, 0.15) is 0 Å². The second-order valence-corrected chi connectivity index (χ2v) is 7.76. The Morgan fingerprint density at radius 1 is 1.10 bits per heavy atom. The Balaban J connectivity index is 1.58. The number of ether oxygens (including phenoxy) is 1. The average molecular weight is 398 g/mol. The summed E-state index contributed by atoms with van der Waals surface area (Å²) in [4.78, 5) is 19.4. The van der Waals surface area contributed by atoms with E-state index in [0.29, 0.717) is 18.7 Å². The molecule has 0 bridgehead atoms. The maximum absolute atomic E-state index is 12.9. The molecule has 0 aromatic heterocycles. The standard InChI is InChI=1S/C23H31N3O3/c1-24-11-13-26(14-12-24)17-19-5-4-6-20(15-19)23(28)25(2)10-9-18-7-8-21(27)22(16-18)29-3/h4-8,15-16,27H,9-14,17H2,1-3H3. The van der Waals surface area contributed by atoms with Crippen LogP contribution in [0, 0.1) is 0 Å². The van der Waals surface area contributed by atoms with Gasteiger partial charge in [-0.1, -0.05) is 18.2 Å². The van der Waals surface area contributed by atoms with Crippen LogP contribution in [0.5, 0.6) is 11.5 Å². The number of aromatic hydroxyl groups is 1. The predicted molar refractivity (Wildman–Crippen MR) is 115 cm³/mol. The minimum Gasteiger partial charge on any atom is -0.504 e. The lowest BCUT2D eigenvalue weighted by molar-refractivity contribution is 0.0796. The zero-order chi connectivity index (χ0) is 20.8. The number of amides is 1. The molecule has 2 aromatic rings. The lowest BCUT2D eigenvalue weighted by Gasteiger charge is -2.32. The van der Waals surface area contributed by atoms with Gasteiger partial charge in [-0.15, -0.1) is 0 Å². The second-order valence-electron chi connectivity index (χ2n) is 7.76. The van der Waals surface area contributed by atoms with Gasteiger partial charge in [0.05, 0.1) is 7.11 Å². The first-order chi connectivity index (χ1) is 14.0. The molecule has 0 saturated carbocycles. The Bertz CT molecular complexity index is 832. The minimum atomic E-state index is 0.0240. The van der Waals surface area contributed by atoms with E-state index in [1.54, 1.807) is 11.0 Å². The van der Waals surface area contributed by atoms with Crippen molar-refractivity contribution in [3.8, 4) is 11.5 Å². The number of methoxy groups -OCH3 is 1. The van der Waals surface area contributed by atoms with Crippen molar-refractivity contribution in [3.63, 3.8) is 0 Å². The smallest absolute Gasteiger partial charge is 0.253 e. The fraction of sp³-hybridized carbons (Fsp3) is 0.435. The van der Waals surface area contributed by atoms with Gasteiger partial charge in [0.15, 0.2) is 11.5 Å². The first-order valence-corrected chi connectivity index (χ1v) is 10.1. The van der Waals surface area contributed by atoms with Crippen molar-refractivity contribution in [2.24, 2.45) is 0 Å². The number of phenolic OH excluding ortho intramolecular Hbond substituents is 1. The summed E-state index contributed by atoms with van der Waals surface area (Å²) in [5.74, 6) is 0.599. The number of benzene rings is 2. The molecule has 2 aromatic carbocycles. The largest absolute Gasteiger partial charge is 0.504 e. The molecule has 0 radical (unpaired) electrons. The van der Waals surface area contributed by atoms with E-state index in [9.17, 15) is 9.90 Å². The predicted octanol–water partition coefficient (Wildman–Crippen LogP) is 2.46. The number of likely N-dealkylation sites (N-methyl/N-ethyl adjacent to an activating group) is 2. The van der Waals surface area contributed by atoms with Crippen LogP contribution in [0.3, 0.4) is 0 Å². The number of nitrogens with zero attached hydrogens (tertiary/aromatic N) is 3. The summed E-state index contributed by atoms with van der Waals surface area (Å²) in [5, 5.41) is 9.71. The SMILES string of the molecule is COc1cc(CCN(C)C(=O)c2cccc(CN3CCN(C)CC3)c2)ccc1O. The zero-order valence-corrected chi connectivity index (χ0v) is 17.6.